The maximum Gasteiger partial charge on any atom is -1.00 e. The standard InChI is InChI=1S/C12H17.3ClH.Ti/c1-3-10-8-11-6-4-5-7-12(11)9(10)2;;;;/h9H,3-7H2,1-2H3;3*1H;/q;;;;+3/p-3. The molecule has 0 aromatic carbocycles. The molecule has 0 N–H and O–H groups in total. The summed E-state index contributed by atoms with van der Waals surface area (Å²) in [5.74, 6) is 0.778. The van der Waals surface area contributed by atoms with Crippen molar-refractivity contribution in [3.8, 4) is 0 Å². The van der Waals surface area contributed by atoms with E-state index in [0.29, 0.717) is 0 Å². The Balaban J connectivity index is 0. The molecule has 90 valence electrons. The third kappa shape index (κ3) is 3.30. The minimum Gasteiger partial charge on any atom is -1.00 e. The summed E-state index contributed by atoms with van der Waals surface area (Å²) in [6, 6.07) is 0. The Bertz CT molecular complexity index is 295. The number of hydrogen-bond acceptors (Lipinski definition) is 0. The van der Waals surface area contributed by atoms with Crippen molar-refractivity contribution >= 4 is 0 Å². The Labute approximate surface area is 129 Å². The molecule has 0 spiro atoms. The predicted molar refractivity (Wildman–Crippen MR) is 52.0 cm³/mol. The first kappa shape index (κ1) is 19.4. The molecule has 0 fully saturated rings. The molecular formula is C12H17Cl3Ti. The topological polar surface area (TPSA) is 0 Å². The Kier molecular flexibility index (Phi) is 9.96. The second kappa shape index (κ2) is 8.22. The summed E-state index contributed by atoms with van der Waals surface area (Å²) in [4.78, 5) is 0. The molecule has 0 aliphatic heterocycles. The molecule has 0 saturated carbocycles. The van der Waals surface area contributed by atoms with Gasteiger partial charge in [-0.1, -0.05) is 0 Å². The summed E-state index contributed by atoms with van der Waals surface area (Å²) in [5.41, 5.74) is 5.23. The zero-order valence-electron chi connectivity index (χ0n) is 9.75. The molecule has 4 heteroatoms. The fourth-order valence-electron chi connectivity index (χ4n) is 2.80. The number of hydrogen-bond donors (Lipinski definition) is 0. The second-order valence-corrected chi connectivity index (χ2v) is 4.97. The summed E-state index contributed by atoms with van der Waals surface area (Å²) in [7, 11) is 0. The zero-order valence-corrected chi connectivity index (χ0v) is 13.6. The molecule has 0 nitrogen and oxygen atoms in total. The van der Waals surface area contributed by atoms with E-state index in [2.05, 4.69) is 34.3 Å². The zero-order chi connectivity index (χ0) is 9.42. The van der Waals surface area contributed by atoms with E-state index in [0.717, 1.165) is 5.92 Å². The molecule has 0 heterocycles. The van der Waals surface area contributed by atoms with Crippen molar-refractivity contribution in [2.24, 2.45) is 5.92 Å². The van der Waals surface area contributed by atoms with Crippen molar-refractivity contribution in [3.63, 3.8) is 0 Å². The average molecular weight is 315 g/mol. The van der Waals surface area contributed by atoms with E-state index in [9.17, 15) is 0 Å². The molecule has 0 aromatic heterocycles. The third-order valence-electron chi connectivity index (χ3n) is 3.56. The van der Waals surface area contributed by atoms with Gasteiger partial charge in [0.1, 0.15) is 0 Å². The van der Waals surface area contributed by atoms with E-state index in [1.165, 1.54) is 32.1 Å². The molecule has 0 saturated heterocycles. The molecule has 0 radical (unpaired) electrons. The average Bonchev–Trinajstić information content (AvgIpc) is 2.41. The van der Waals surface area contributed by atoms with Gasteiger partial charge in [-0.2, -0.15) is 0 Å². The molecule has 0 aromatic rings. The van der Waals surface area contributed by atoms with Gasteiger partial charge in [0, 0.05) is 0 Å². The van der Waals surface area contributed by atoms with Crippen LogP contribution >= 0.6 is 0 Å². The Morgan fingerprint density at radius 1 is 1.12 bits per heavy atom. The van der Waals surface area contributed by atoms with Gasteiger partial charge in [0.15, 0.2) is 0 Å². The van der Waals surface area contributed by atoms with E-state index in [1.54, 1.807) is 20.6 Å². The van der Waals surface area contributed by atoms with Crippen molar-refractivity contribution in [2.45, 2.75) is 46.0 Å². The van der Waals surface area contributed by atoms with Crippen LogP contribution in [0, 0.1) is 5.92 Å². The quantitative estimate of drug-likeness (QED) is 0.424. The summed E-state index contributed by atoms with van der Waals surface area (Å²) in [6.07, 6.45) is 6.82. The Morgan fingerprint density at radius 3 is 2.19 bits per heavy atom. The van der Waals surface area contributed by atoms with Crippen molar-refractivity contribution in [2.75, 3.05) is 0 Å². The molecular weight excluding hydrogens is 298 g/mol. The van der Waals surface area contributed by atoms with E-state index in [1.807, 2.05) is 0 Å². The van der Waals surface area contributed by atoms with Gasteiger partial charge in [-0.15, -0.1) is 0 Å². The van der Waals surface area contributed by atoms with Crippen molar-refractivity contribution < 1.29 is 57.7 Å². The van der Waals surface area contributed by atoms with Gasteiger partial charge < -0.3 is 37.2 Å². The SMILES string of the molecule is CCC1=[C]([Ti+3])C2=C(CCCC2)C1C.[Cl-].[Cl-].[Cl-]. The van der Waals surface area contributed by atoms with E-state index in [-0.39, 0.29) is 37.2 Å². The van der Waals surface area contributed by atoms with Crippen LogP contribution in [0.15, 0.2) is 20.6 Å². The van der Waals surface area contributed by atoms with Crippen LogP contribution in [0.2, 0.25) is 0 Å². The van der Waals surface area contributed by atoms with Gasteiger partial charge >= 0.3 is 92.9 Å². The van der Waals surface area contributed by atoms with Gasteiger partial charge in [0.05, 0.1) is 0 Å². The predicted octanol–water partition coefficient (Wildman–Crippen LogP) is -5.27. The first-order chi connectivity index (χ1) is 6.25. The molecule has 2 aliphatic rings. The molecule has 1 atom stereocenters. The normalized spacial score (nSPS) is 23.1. The van der Waals surface area contributed by atoms with Gasteiger partial charge in [-0.25, -0.2) is 0 Å². The fourth-order valence-corrected chi connectivity index (χ4v) is 3.86. The van der Waals surface area contributed by atoms with Gasteiger partial charge in [0.25, 0.3) is 0 Å². The summed E-state index contributed by atoms with van der Waals surface area (Å²) in [5, 5.41) is 0. The van der Waals surface area contributed by atoms with Crippen LogP contribution in [0.25, 0.3) is 0 Å². The largest absolute Gasteiger partial charge is 1.00 e. The number of halogens is 3. The van der Waals surface area contributed by atoms with Crippen molar-refractivity contribution in [1.29, 1.82) is 0 Å². The van der Waals surface area contributed by atoms with E-state index >= 15 is 0 Å². The first-order valence-electron chi connectivity index (χ1n) is 5.42. The minimum atomic E-state index is 0. The maximum absolute atomic E-state index is 2.40. The minimum absolute atomic E-state index is 0. The third-order valence-corrected chi connectivity index (χ3v) is 4.53. The molecule has 0 amide bonds. The number of rotatable bonds is 1. The Morgan fingerprint density at radius 2 is 1.69 bits per heavy atom. The van der Waals surface area contributed by atoms with Gasteiger partial charge in [-0.3, -0.25) is 0 Å². The van der Waals surface area contributed by atoms with Crippen LogP contribution in [-0.2, 0) is 20.4 Å². The Hall–Kier alpha value is 1.06. The van der Waals surface area contributed by atoms with Crippen LogP contribution in [0.3, 0.4) is 0 Å². The summed E-state index contributed by atoms with van der Waals surface area (Å²) >= 11 is 2.34. The maximum atomic E-state index is 2.40. The summed E-state index contributed by atoms with van der Waals surface area (Å²) < 4.78 is 1.64. The van der Waals surface area contributed by atoms with E-state index < -0.39 is 0 Å². The smallest absolute Gasteiger partial charge is 1.00 e. The fraction of sp³-hybridized carbons (Fsp3) is 0.667. The number of allylic oxidation sites excluding steroid dienone is 4. The van der Waals surface area contributed by atoms with Gasteiger partial charge in [0.2, 0.25) is 0 Å². The van der Waals surface area contributed by atoms with Crippen molar-refractivity contribution in [3.05, 3.63) is 20.6 Å². The first-order valence-corrected chi connectivity index (χ1v) is 6.20. The molecule has 2 rings (SSSR count). The van der Waals surface area contributed by atoms with Crippen LogP contribution in [0.5, 0.6) is 0 Å². The van der Waals surface area contributed by atoms with Crippen molar-refractivity contribution in [1.82, 2.24) is 0 Å². The van der Waals surface area contributed by atoms with Crippen LogP contribution < -0.4 is 37.2 Å². The monoisotopic (exact) mass is 314 g/mol. The van der Waals surface area contributed by atoms with Crippen LogP contribution in [0.1, 0.15) is 46.0 Å². The molecule has 2 aliphatic carbocycles. The van der Waals surface area contributed by atoms with Crippen LogP contribution in [-0.4, -0.2) is 0 Å². The molecule has 0 bridgehead atoms. The second-order valence-electron chi connectivity index (χ2n) is 4.19. The molecule has 16 heavy (non-hydrogen) atoms. The van der Waals surface area contributed by atoms with E-state index in [4.69, 9.17) is 0 Å². The summed E-state index contributed by atoms with van der Waals surface area (Å²) in [6.45, 7) is 4.70. The van der Waals surface area contributed by atoms with Crippen LogP contribution in [0.4, 0.5) is 0 Å². The van der Waals surface area contributed by atoms with Gasteiger partial charge in [-0.05, 0) is 0 Å². The molecule has 1 unspecified atom stereocenters.